The Balaban J connectivity index is 1.50. The second-order valence-corrected chi connectivity index (χ2v) is 11.1. The van der Waals surface area contributed by atoms with Gasteiger partial charge in [0.25, 0.3) is 11.1 Å². The summed E-state index contributed by atoms with van der Waals surface area (Å²) in [6.45, 7) is 3.72. The lowest BCUT2D eigenvalue weighted by molar-refractivity contribution is -0.127. The molecule has 1 fully saturated rings. The predicted octanol–water partition coefficient (Wildman–Crippen LogP) is 7.10. The molecule has 1 N–H and O–H groups in total. The van der Waals surface area contributed by atoms with E-state index in [1.165, 1.54) is 20.3 Å². The molecule has 0 unspecified atom stereocenters. The molecule has 4 rings (SSSR count). The lowest BCUT2D eigenvalue weighted by Crippen LogP contribution is -2.36. The molecule has 0 saturated carbocycles. The maximum atomic E-state index is 13.1. The van der Waals surface area contributed by atoms with Crippen molar-refractivity contribution in [3.8, 4) is 17.2 Å². The molecule has 0 aliphatic carbocycles. The third-order valence-electron chi connectivity index (χ3n) is 5.94. The number of ether oxygens (including phenoxy) is 3. The quantitative estimate of drug-likeness (QED) is 0.174. The van der Waals surface area contributed by atoms with Crippen LogP contribution in [0.2, 0.25) is 5.02 Å². The fourth-order valence-electron chi connectivity index (χ4n) is 4.00. The van der Waals surface area contributed by atoms with Gasteiger partial charge in [-0.2, -0.15) is 0 Å². The molecule has 1 aliphatic rings. The van der Waals surface area contributed by atoms with E-state index in [-0.39, 0.29) is 4.91 Å². The molecule has 3 amide bonds. The normalized spacial score (nSPS) is 13.9. The van der Waals surface area contributed by atoms with E-state index in [9.17, 15) is 14.4 Å². The lowest BCUT2D eigenvalue weighted by Gasteiger charge is -2.16. The Hall–Kier alpha value is -3.73. The number of imide groups is 1. The summed E-state index contributed by atoms with van der Waals surface area (Å²) in [4.78, 5) is 39.4. The van der Waals surface area contributed by atoms with Crippen LogP contribution in [0.3, 0.4) is 0 Å². The Kier molecular flexibility index (Phi) is 10.1. The first-order chi connectivity index (χ1) is 19.7. The molecule has 3 aromatic carbocycles. The first-order valence-electron chi connectivity index (χ1n) is 12.3. The standard InChI is InChI=1S/C30H26BrClN2O6S/c1-4-5-20-12-19(13-25(39-3)28(20)40-17-18-6-8-21(31)9-7-18)14-26-29(36)34(30(37)41-26)16-27(35)33-22-10-11-24(38-2)23(32)15-22/h4,6-15H,1,5,16-17H2,2-3H3,(H,33,35)/b26-14-. The smallest absolute Gasteiger partial charge is 0.294 e. The number of benzene rings is 3. The number of methoxy groups -OCH3 is 2. The summed E-state index contributed by atoms with van der Waals surface area (Å²) >= 11 is 10.3. The Morgan fingerprint density at radius 3 is 2.46 bits per heavy atom. The maximum Gasteiger partial charge on any atom is 0.294 e. The number of nitrogens with one attached hydrogen (secondary N) is 1. The summed E-state index contributed by atoms with van der Waals surface area (Å²) in [5.74, 6) is 0.387. The second-order valence-electron chi connectivity index (χ2n) is 8.78. The van der Waals surface area contributed by atoms with Crippen LogP contribution in [0, 0.1) is 0 Å². The van der Waals surface area contributed by atoms with Crippen molar-refractivity contribution >= 4 is 68.1 Å². The largest absolute Gasteiger partial charge is 0.495 e. The highest BCUT2D eigenvalue weighted by atomic mass is 79.9. The van der Waals surface area contributed by atoms with Crippen LogP contribution >= 0.6 is 39.3 Å². The summed E-state index contributed by atoms with van der Waals surface area (Å²) in [5.41, 5.74) is 2.83. The van der Waals surface area contributed by atoms with Crippen molar-refractivity contribution in [1.29, 1.82) is 0 Å². The van der Waals surface area contributed by atoms with E-state index >= 15 is 0 Å². The number of rotatable bonds is 11. The zero-order chi connectivity index (χ0) is 29.5. The van der Waals surface area contributed by atoms with E-state index in [0.717, 1.165) is 32.3 Å². The number of allylic oxidation sites excluding steroid dienone is 1. The molecular weight excluding hydrogens is 632 g/mol. The Morgan fingerprint density at radius 2 is 1.80 bits per heavy atom. The van der Waals surface area contributed by atoms with Gasteiger partial charge in [-0.25, -0.2) is 0 Å². The molecule has 41 heavy (non-hydrogen) atoms. The summed E-state index contributed by atoms with van der Waals surface area (Å²) in [5, 5.41) is 2.41. The Labute approximate surface area is 255 Å². The van der Waals surface area contributed by atoms with E-state index in [2.05, 4.69) is 27.8 Å². The van der Waals surface area contributed by atoms with Crippen molar-refractivity contribution in [2.75, 3.05) is 26.1 Å². The van der Waals surface area contributed by atoms with E-state index in [4.69, 9.17) is 25.8 Å². The van der Waals surface area contributed by atoms with Crippen molar-refractivity contribution in [3.05, 3.63) is 98.3 Å². The average molecular weight is 658 g/mol. The maximum absolute atomic E-state index is 13.1. The number of hydrogen-bond donors (Lipinski definition) is 1. The van der Waals surface area contributed by atoms with Gasteiger partial charge in [-0.3, -0.25) is 19.3 Å². The highest BCUT2D eigenvalue weighted by Crippen LogP contribution is 2.37. The van der Waals surface area contributed by atoms with Crippen LogP contribution < -0.4 is 19.5 Å². The number of carbonyl (C=O) groups excluding carboxylic acids is 3. The number of carbonyl (C=O) groups is 3. The predicted molar refractivity (Wildman–Crippen MR) is 165 cm³/mol. The lowest BCUT2D eigenvalue weighted by atomic mass is 10.0. The molecule has 0 aromatic heterocycles. The van der Waals surface area contributed by atoms with E-state index < -0.39 is 23.6 Å². The van der Waals surface area contributed by atoms with Crippen LogP contribution in [-0.4, -0.2) is 42.7 Å². The van der Waals surface area contributed by atoms with Gasteiger partial charge in [0.15, 0.2) is 11.5 Å². The number of halogens is 2. The van der Waals surface area contributed by atoms with Gasteiger partial charge in [-0.1, -0.05) is 45.7 Å². The molecule has 212 valence electrons. The third kappa shape index (κ3) is 7.52. The number of hydrogen-bond acceptors (Lipinski definition) is 7. The fourth-order valence-corrected chi connectivity index (χ4v) is 5.36. The molecule has 0 spiro atoms. The van der Waals surface area contributed by atoms with E-state index in [1.54, 1.807) is 30.4 Å². The summed E-state index contributed by atoms with van der Waals surface area (Å²) in [6, 6.07) is 16.1. The van der Waals surface area contributed by atoms with Crippen LogP contribution in [0.25, 0.3) is 6.08 Å². The molecule has 1 aliphatic heterocycles. The molecule has 0 atom stereocenters. The van der Waals surface area contributed by atoms with Crippen LogP contribution in [-0.2, 0) is 22.6 Å². The van der Waals surface area contributed by atoms with E-state index in [0.29, 0.717) is 46.5 Å². The van der Waals surface area contributed by atoms with Gasteiger partial charge in [0.1, 0.15) is 18.9 Å². The first kappa shape index (κ1) is 30.2. The van der Waals surface area contributed by atoms with Crippen LogP contribution in [0.4, 0.5) is 10.5 Å². The summed E-state index contributed by atoms with van der Waals surface area (Å²) in [6.07, 6.45) is 3.83. The molecule has 1 saturated heterocycles. The molecule has 0 bridgehead atoms. The average Bonchev–Trinajstić information content (AvgIpc) is 3.20. The molecule has 0 radical (unpaired) electrons. The number of thioether (sulfide) groups is 1. The van der Waals surface area contributed by atoms with Crippen LogP contribution in [0.1, 0.15) is 16.7 Å². The highest BCUT2D eigenvalue weighted by molar-refractivity contribution is 9.10. The van der Waals surface area contributed by atoms with E-state index in [1.807, 2.05) is 30.3 Å². The summed E-state index contributed by atoms with van der Waals surface area (Å²) in [7, 11) is 3.02. The van der Waals surface area contributed by atoms with Gasteiger partial charge in [-0.15, -0.1) is 6.58 Å². The Bertz CT molecular complexity index is 1530. The zero-order valence-corrected chi connectivity index (χ0v) is 25.4. The number of anilines is 1. The zero-order valence-electron chi connectivity index (χ0n) is 22.2. The fraction of sp³-hybridized carbons (Fsp3) is 0.167. The van der Waals surface area contributed by atoms with Gasteiger partial charge in [-0.05, 0) is 77.9 Å². The minimum atomic E-state index is -0.567. The van der Waals surface area contributed by atoms with Crippen molar-refractivity contribution in [1.82, 2.24) is 4.90 Å². The Morgan fingerprint density at radius 1 is 1.07 bits per heavy atom. The first-order valence-corrected chi connectivity index (χ1v) is 14.3. The highest BCUT2D eigenvalue weighted by Gasteiger charge is 2.36. The van der Waals surface area contributed by atoms with Crippen LogP contribution in [0.5, 0.6) is 17.2 Å². The number of nitrogens with zero attached hydrogens (tertiary/aromatic N) is 1. The van der Waals surface area contributed by atoms with Gasteiger partial charge < -0.3 is 19.5 Å². The molecule has 1 heterocycles. The molecule has 3 aromatic rings. The molecular formula is C30H26BrClN2O6S. The summed E-state index contributed by atoms with van der Waals surface area (Å²) < 4.78 is 17.8. The third-order valence-corrected chi connectivity index (χ3v) is 7.67. The van der Waals surface area contributed by atoms with Gasteiger partial charge in [0, 0.05) is 15.7 Å². The molecule has 8 nitrogen and oxygen atoms in total. The SMILES string of the molecule is C=CCc1cc(/C=C2\SC(=O)N(CC(=O)Nc3ccc(OC)c(Cl)c3)C2=O)cc(OC)c1OCc1ccc(Br)cc1. The van der Waals surface area contributed by atoms with Crippen molar-refractivity contribution < 1.29 is 28.6 Å². The topological polar surface area (TPSA) is 94.2 Å². The van der Waals surface area contributed by atoms with Crippen molar-refractivity contribution in [2.24, 2.45) is 0 Å². The minimum Gasteiger partial charge on any atom is -0.495 e. The monoisotopic (exact) mass is 656 g/mol. The number of amides is 3. The minimum absolute atomic E-state index is 0.186. The van der Waals surface area contributed by atoms with Gasteiger partial charge in [0.2, 0.25) is 5.91 Å². The van der Waals surface area contributed by atoms with Crippen LogP contribution in [0.15, 0.2) is 76.6 Å². The van der Waals surface area contributed by atoms with Crippen molar-refractivity contribution in [3.63, 3.8) is 0 Å². The van der Waals surface area contributed by atoms with Gasteiger partial charge >= 0.3 is 0 Å². The second kappa shape index (κ2) is 13.8. The molecule has 11 heteroatoms. The van der Waals surface area contributed by atoms with Gasteiger partial charge in [0.05, 0.1) is 24.1 Å². The van der Waals surface area contributed by atoms with Crippen molar-refractivity contribution in [2.45, 2.75) is 13.0 Å².